The van der Waals surface area contributed by atoms with E-state index in [0.717, 1.165) is 23.2 Å². The summed E-state index contributed by atoms with van der Waals surface area (Å²) in [7, 11) is 0. The number of para-hydroxylation sites is 2. The molecule has 31 heavy (non-hydrogen) atoms. The zero-order valence-corrected chi connectivity index (χ0v) is 18.4. The van der Waals surface area contributed by atoms with Crippen molar-refractivity contribution in [2.24, 2.45) is 0 Å². The van der Waals surface area contributed by atoms with Crippen LogP contribution in [0.1, 0.15) is 36.8 Å². The molecule has 164 valence electrons. The van der Waals surface area contributed by atoms with Crippen LogP contribution in [0.4, 0.5) is 0 Å². The van der Waals surface area contributed by atoms with Gasteiger partial charge in [0, 0.05) is 26.1 Å². The fraction of sp³-hybridized carbons (Fsp3) is 0.440. The summed E-state index contributed by atoms with van der Waals surface area (Å²) in [6.45, 7) is 6.21. The van der Waals surface area contributed by atoms with Crippen molar-refractivity contribution in [2.45, 2.75) is 51.7 Å². The molecule has 1 N–H and O–H groups in total. The van der Waals surface area contributed by atoms with Crippen LogP contribution in [0, 0.1) is 13.8 Å². The van der Waals surface area contributed by atoms with Crippen LogP contribution in [-0.4, -0.2) is 50.8 Å². The van der Waals surface area contributed by atoms with Gasteiger partial charge in [0.05, 0.1) is 17.4 Å². The number of aryl methyl sites for hydroxylation is 3. The van der Waals surface area contributed by atoms with Crippen LogP contribution in [0.15, 0.2) is 48.8 Å². The molecule has 1 unspecified atom stereocenters. The molecule has 0 radical (unpaired) electrons. The summed E-state index contributed by atoms with van der Waals surface area (Å²) in [6.07, 6.45) is 4.15. The van der Waals surface area contributed by atoms with Crippen LogP contribution in [0.5, 0.6) is 5.75 Å². The van der Waals surface area contributed by atoms with E-state index < -0.39 is 5.60 Å². The summed E-state index contributed by atoms with van der Waals surface area (Å²) < 4.78 is 7.94. The quantitative estimate of drug-likeness (QED) is 0.656. The van der Waals surface area contributed by atoms with Crippen molar-refractivity contribution in [2.75, 3.05) is 19.7 Å². The number of imidazole rings is 1. The number of aromatic nitrogens is 2. The van der Waals surface area contributed by atoms with E-state index in [1.807, 2.05) is 51.9 Å². The first kappa shape index (κ1) is 21.4. The molecule has 1 aliphatic rings. The molecular formula is C25H31N3O3. The molecule has 0 spiro atoms. The molecule has 1 aromatic heterocycles. The number of carbonyl (C=O) groups is 1. The molecule has 0 saturated carbocycles. The second kappa shape index (κ2) is 9.10. The third kappa shape index (κ3) is 5.07. The van der Waals surface area contributed by atoms with Crippen molar-refractivity contribution in [3.05, 3.63) is 59.9 Å². The Labute approximate surface area is 183 Å². The van der Waals surface area contributed by atoms with E-state index in [1.165, 1.54) is 11.1 Å². The number of hydrogen-bond donors (Lipinski definition) is 1. The summed E-state index contributed by atoms with van der Waals surface area (Å²) in [5.41, 5.74) is 3.47. The van der Waals surface area contributed by atoms with Crippen LogP contribution >= 0.6 is 0 Å². The molecule has 2 aromatic carbocycles. The lowest BCUT2D eigenvalue weighted by molar-refractivity contribution is -0.131. The van der Waals surface area contributed by atoms with Gasteiger partial charge in [-0.15, -0.1) is 0 Å². The Balaban J connectivity index is 1.30. The largest absolute Gasteiger partial charge is 0.491 e. The van der Waals surface area contributed by atoms with Gasteiger partial charge >= 0.3 is 0 Å². The van der Waals surface area contributed by atoms with E-state index in [0.29, 0.717) is 38.9 Å². The molecular weight excluding hydrogens is 390 g/mol. The molecule has 1 atom stereocenters. The Hall–Kier alpha value is -2.86. The highest BCUT2D eigenvalue weighted by molar-refractivity contribution is 5.77. The van der Waals surface area contributed by atoms with Gasteiger partial charge in [0.15, 0.2) is 0 Å². The van der Waals surface area contributed by atoms with Crippen molar-refractivity contribution in [1.29, 1.82) is 0 Å². The zero-order chi connectivity index (χ0) is 21.8. The lowest BCUT2D eigenvalue weighted by Crippen LogP contribution is -2.38. The smallest absolute Gasteiger partial charge is 0.224 e. The molecule has 6 nitrogen and oxygen atoms in total. The maximum Gasteiger partial charge on any atom is 0.224 e. The van der Waals surface area contributed by atoms with Gasteiger partial charge in [0.1, 0.15) is 18.0 Å². The summed E-state index contributed by atoms with van der Waals surface area (Å²) in [6, 6.07) is 13.9. The summed E-state index contributed by atoms with van der Waals surface area (Å²) in [5, 5.41) is 11.1. The number of rotatable bonds is 6. The Morgan fingerprint density at radius 2 is 1.97 bits per heavy atom. The van der Waals surface area contributed by atoms with Gasteiger partial charge in [-0.05, 0) is 68.5 Å². The van der Waals surface area contributed by atoms with Gasteiger partial charge < -0.3 is 19.3 Å². The molecule has 1 saturated heterocycles. The third-order valence-electron chi connectivity index (χ3n) is 6.35. The van der Waals surface area contributed by atoms with Gasteiger partial charge in [-0.2, -0.15) is 0 Å². The van der Waals surface area contributed by atoms with E-state index in [-0.39, 0.29) is 12.5 Å². The third-order valence-corrected chi connectivity index (χ3v) is 6.35. The predicted octanol–water partition coefficient (Wildman–Crippen LogP) is 3.87. The zero-order valence-electron chi connectivity index (χ0n) is 18.4. The normalized spacial score (nSPS) is 19.4. The van der Waals surface area contributed by atoms with Gasteiger partial charge in [0.25, 0.3) is 0 Å². The minimum atomic E-state index is -0.908. The van der Waals surface area contributed by atoms with Crippen LogP contribution < -0.4 is 4.74 Å². The standard InChI is InChI=1S/C25H31N3O3/c1-19-8-9-21(16-20(19)2)31-17-25(30)11-5-13-27(15-12-25)24(29)10-14-28-18-26-22-6-3-4-7-23(22)28/h3-4,6-9,16,18,30H,5,10-15,17H2,1-2H3. The van der Waals surface area contributed by atoms with Gasteiger partial charge in [-0.25, -0.2) is 4.98 Å². The molecule has 1 fully saturated rings. The summed E-state index contributed by atoms with van der Waals surface area (Å²) >= 11 is 0. The molecule has 1 amide bonds. The molecule has 4 rings (SSSR count). The molecule has 1 aliphatic heterocycles. The molecule has 3 aromatic rings. The maximum absolute atomic E-state index is 12.8. The number of amides is 1. The highest BCUT2D eigenvalue weighted by Crippen LogP contribution is 2.25. The molecule has 0 aliphatic carbocycles. The second-order valence-electron chi connectivity index (χ2n) is 8.67. The maximum atomic E-state index is 12.8. The van der Waals surface area contributed by atoms with Gasteiger partial charge in [0.2, 0.25) is 5.91 Å². The van der Waals surface area contributed by atoms with Crippen LogP contribution in [0.2, 0.25) is 0 Å². The Kier molecular flexibility index (Phi) is 6.28. The Morgan fingerprint density at radius 1 is 1.13 bits per heavy atom. The van der Waals surface area contributed by atoms with Crippen molar-refractivity contribution in [3.63, 3.8) is 0 Å². The highest BCUT2D eigenvalue weighted by atomic mass is 16.5. The fourth-order valence-electron chi connectivity index (χ4n) is 4.16. The highest BCUT2D eigenvalue weighted by Gasteiger charge is 2.32. The van der Waals surface area contributed by atoms with E-state index in [4.69, 9.17) is 4.74 Å². The average molecular weight is 422 g/mol. The number of likely N-dealkylation sites (tertiary alicyclic amines) is 1. The average Bonchev–Trinajstić information content (AvgIpc) is 3.08. The minimum Gasteiger partial charge on any atom is -0.491 e. The molecule has 2 heterocycles. The van der Waals surface area contributed by atoms with Gasteiger partial charge in [-0.1, -0.05) is 18.2 Å². The number of ether oxygens (including phenoxy) is 1. The van der Waals surface area contributed by atoms with E-state index in [9.17, 15) is 9.90 Å². The van der Waals surface area contributed by atoms with E-state index >= 15 is 0 Å². The predicted molar refractivity (Wildman–Crippen MR) is 121 cm³/mol. The molecule has 6 heteroatoms. The second-order valence-corrected chi connectivity index (χ2v) is 8.67. The van der Waals surface area contributed by atoms with Crippen LogP contribution in [0.25, 0.3) is 11.0 Å². The van der Waals surface area contributed by atoms with Crippen LogP contribution in [0.3, 0.4) is 0 Å². The first-order valence-corrected chi connectivity index (χ1v) is 11.0. The number of fused-ring (bicyclic) bond motifs is 1. The summed E-state index contributed by atoms with van der Waals surface area (Å²) in [4.78, 5) is 19.1. The van der Waals surface area contributed by atoms with Crippen molar-refractivity contribution < 1.29 is 14.6 Å². The lowest BCUT2D eigenvalue weighted by atomic mass is 9.96. The number of aliphatic hydroxyl groups is 1. The number of hydrogen-bond acceptors (Lipinski definition) is 4. The summed E-state index contributed by atoms with van der Waals surface area (Å²) in [5.74, 6) is 0.901. The minimum absolute atomic E-state index is 0.122. The Morgan fingerprint density at radius 3 is 2.81 bits per heavy atom. The number of carbonyl (C=O) groups excluding carboxylic acids is 1. The van der Waals surface area contributed by atoms with E-state index in [2.05, 4.69) is 18.8 Å². The van der Waals surface area contributed by atoms with Gasteiger partial charge in [-0.3, -0.25) is 4.79 Å². The first-order chi connectivity index (χ1) is 14.9. The lowest BCUT2D eigenvalue weighted by Gasteiger charge is -2.27. The Bertz CT molecular complexity index is 1060. The number of nitrogens with zero attached hydrogens (tertiary/aromatic N) is 3. The van der Waals surface area contributed by atoms with Crippen molar-refractivity contribution in [3.8, 4) is 5.75 Å². The first-order valence-electron chi connectivity index (χ1n) is 11.0. The van der Waals surface area contributed by atoms with E-state index in [1.54, 1.807) is 6.33 Å². The topological polar surface area (TPSA) is 67.6 Å². The fourth-order valence-corrected chi connectivity index (χ4v) is 4.16. The van der Waals surface area contributed by atoms with Crippen LogP contribution in [-0.2, 0) is 11.3 Å². The van der Waals surface area contributed by atoms with Crippen molar-refractivity contribution in [1.82, 2.24) is 14.5 Å². The monoisotopic (exact) mass is 421 g/mol. The number of benzene rings is 2. The SMILES string of the molecule is Cc1ccc(OCC2(O)CCCN(C(=O)CCn3cnc4ccccc43)CC2)cc1C. The molecule has 0 bridgehead atoms. The van der Waals surface area contributed by atoms with Crippen molar-refractivity contribution >= 4 is 16.9 Å².